The van der Waals surface area contributed by atoms with Gasteiger partial charge in [-0.1, -0.05) is 28.4 Å². The first kappa shape index (κ1) is 14.9. The van der Waals surface area contributed by atoms with Gasteiger partial charge in [-0.2, -0.15) is 0 Å². The summed E-state index contributed by atoms with van der Waals surface area (Å²) in [5, 5.41) is 12.4. The fourth-order valence-electron chi connectivity index (χ4n) is 1.75. The van der Waals surface area contributed by atoms with E-state index in [-0.39, 0.29) is 6.04 Å². The first-order valence-electron chi connectivity index (χ1n) is 6.09. The Balaban J connectivity index is 2.72. The van der Waals surface area contributed by atoms with E-state index in [2.05, 4.69) is 21.6 Å². The van der Waals surface area contributed by atoms with Crippen molar-refractivity contribution in [3.05, 3.63) is 29.8 Å². The molecule has 4 nitrogen and oxygen atoms in total. The average Bonchev–Trinajstić information content (AvgIpc) is 2.34. The molecule has 0 bridgehead atoms. The minimum Gasteiger partial charge on any atom is -0.478 e. The third kappa shape index (κ3) is 4.63. The lowest BCUT2D eigenvalue weighted by Crippen LogP contribution is -2.24. The number of nitrogens with zero attached hydrogens (tertiary/aromatic N) is 1. The van der Waals surface area contributed by atoms with Gasteiger partial charge in [0, 0.05) is 18.3 Å². The van der Waals surface area contributed by atoms with Gasteiger partial charge in [-0.15, -0.1) is 0 Å². The van der Waals surface area contributed by atoms with Crippen molar-refractivity contribution in [3.63, 3.8) is 0 Å². The molecule has 0 saturated heterocycles. The van der Waals surface area contributed by atoms with E-state index in [1.54, 1.807) is 12.1 Å². The van der Waals surface area contributed by atoms with E-state index in [1.807, 2.05) is 23.9 Å². The topological polar surface area (TPSA) is 52.6 Å². The normalized spacial score (nSPS) is 12.4. The number of rotatable bonds is 7. The molecule has 0 aromatic heterocycles. The van der Waals surface area contributed by atoms with Gasteiger partial charge in [0.15, 0.2) is 0 Å². The first-order valence-corrected chi connectivity index (χ1v) is 6.61. The van der Waals surface area contributed by atoms with Crippen LogP contribution >= 0.6 is 9.39 Å². The van der Waals surface area contributed by atoms with E-state index in [4.69, 9.17) is 5.11 Å². The van der Waals surface area contributed by atoms with Crippen molar-refractivity contribution in [1.82, 2.24) is 4.67 Å². The smallest absolute Gasteiger partial charge is 0.337 e. The van der Waals surface area contributed by atoms with Crippen molar-refractivity contribution in [1.29, 1.82) is 0 Å². The van der Waals surface area contributed by atoms with Crippen molar-refractivity contribution in [2.24, 2.45) is 0 Å². The Morgan fingerprint density at radius 3 is 2.72 bits per heavy atom. The molecule has 2 atom stereocenters. The number of para-hydroxylation sites is 1. The number of benzene rings is 1. The number of carboxylic acid groups (broad SMARTS) is 1. The Morgan fingerprint density at radius 1 is 1.50 bits per heavy atom. The van der Waals surface area contributed by atoms with Crippen LogP contribution in [0.3, 0.4) is 0 Å². The zero-order chi connectivity index (χ0) is 13.5. The standard InChI is InChI=1S/C13H21N2O2P/c1-3-10(8-9-15(2)18)14-12-7-5-4-6-11(12)13(16)17/h4-7,10,14H,3,8-9,18H2,1-2H3,(H,16,17). The number of aromatic carboxylic acids is 1. The summed E-state index contributed by atoms with van der Waals surface area (Å²) in [7, 11) is 4.63. The van der Waals surface area contributed by atoms with Gasteiger partial charge in [0.2, 0.25) is 0 Å². The highest BCUT2D eigenvalue weighted by Crippen LogP contribution is 2.18. The highest BCUT2D eigenvalue weighted by molar-refractivity contribution is 7.13. The molecule has 0 heterocycles. The first-order chi connectivity index (χ1) is 8.54. The highest BCUT2D eigenvalue weighted by Gasteiger charge is 2.12. The minimum atomic E-state index is -0.892. The van der Waals surface area contributed by atoms with Crippen LogP contribution in [0.25, 0.3) is 0 Å². The van der Waals surface area contributed by atoms with Crippen LogP contribution in [0.15, 0.2) is 24.3 Å². The van der Waals surface area contributed by atoms with Gasteiger partial charge in [-0.25, -0.2) is 4.79 Å². The fraction of sp³-hybridized carbons (Fsp3) is 0.462. The lowest BCUT2D eigenvalue weighted by molar-refractivity contribution is 0.0698. The molecule has 0 aliphatic rings. The monoisotopic (exact) mass is 268 g/mol. The summed E-state index contributed by atoms with van der Waals surface area (Å²) in [5.41, 5.74) is 1.03. The third-order valence-corrected chi connectivity index (χ3v) is 3.10. The van der Waals surface area contributed by atoms with E-state index in [0.29, 0.717) is 11.3 Å². The van der Waals surface area contributed by atoms with E-state index >= 15 is 0 Å². The van der Waals surface area contributed by atoms with Crippen LogP contribution in [0.2, 0.25) is 0 Å². The summed E-state index contributed by atoms with van der Waals surface area (Å²) >= 11 is 0. The number of hydrogen-bond acceptors (Lipinski definition) is 3. The maximum atomic E-state index is 11.1. The summed E-state index contributed by atoms with van der Waals surface area (Å²) in [6.07, 6.45) is 1.94. The van der Waals surface area contributed by atoms with Crippen molar-refractivity contribution in [3.8, 4) is 0 Å². The molecule has 0 radical (unpaired) electrons. The summed E-state index contributed by atoms with van der Waals surface area (Å²) in [4.78, 5) is 11.1. The van der Waals surface area contributed by atoms with E-state index in [0.717, 1.165) is 19.4 Å². The Hall–Kier alpha value is -1.12. The Morgan fingerprint density at radius 2 is 2.17 bits per heavy atom. The lowest BCUT2D eigenvalue weighted by atomic mass is 10.1. The summed E-state index contributed by atoms with van der Waals surface area (Å²) < 4.78 is 2.05. The molecular formula is C13H21N2O2P. The number of nitrogens with one attached hydrogen (secondary N) is 1. The Bertz CT molecular complexity index is 396. The molecule has 0 spiro atoms. The molecule has 2 N–H and O–H groups in total. The fourth-order valence-corrected chi connectivity index (χ4v) is 1.90. The van der Waals surface area contributed by atoms with Gasteiger partial charge < -0.3 is 10.4 Å². The van der Waals surface area contributed by atoms with Gasteiger partial charge in [-0.3, -0.25) is 4.67 Å². The SMILES string of the molecule is CCC(CCN(C)P)Nc1ccccc1C(=O)O. The number of carbonyl (C=O) groups is 1. The van der Waals surface area contributed by atoms with Crippen molar-refractivity contribution < 1.29 is 9.90 Å². The van der Waals surface area contributed by atoms with Crippen molar-refractivity contribution >= 4 is 21.0 Å². The van der Waals surface area contributed by atoms with Crippen LogP contribution in [0, 0.1) is 0 Å². The molecule has 0 aliphatic heterocycles. The summed E-state index contributed by atoms with van der Waals surface area (Å²) in [6, 6.07) is 7.32. The maximum Gasteiger partial charge on any atom is 0.337 e. The van der Waals surface area contributed by atoms with E-state index in [9.17, 15) is 4.79 Å². The quantitative estimate of drug-likeness (QED) is 0.746. The average molecular weight is 268 g/mol. The number of hydrogen-bond donors (Lipinski definition) is 2. The molecule has 1 aromatic rings. The molecule has 5 heteroatoms. The summed E-state index contributed by atoms with van der Waals surface area (Å²) in [5.74, 6) is -0.892. The third-order valence-electron chi connectivity index (χ3n) is 2.84. The highest BCUT2D eigenvalue weighted by atomic mass is 31.0. The van der Waals surface area contributed by atoms with Crippen LogP contribution in [0.4, 0.5) is 5.69 Å². The van der Waals surface area contributed by atoms with Crippen LogP contribution < -0.4 is 5.32 Å². The molecule has 0 saturated carbocycles. The van der Waals surface area contributed by atoms with Crippen molar-refractivity contribution in [2.75, 3.05) is 18.9 Å². The molecule has 18 heavy (non-hydrogen) atoms. The predicted octanol–water partition coefficient (Wildman–Crippen LogP) is 2.69. The molecule has 100 valence electrons. The second kappa shape index (κ2) is 7.34. The summed E-state index contributed by atoms with van der Waals surface area (Å²) in [6.45, 7) is 3.05. The molecular weight excluding hydrogens is 247 g/mol. The zero-order valence-electron chi connectivity index (χ0n) is 10.9. The predicted molar refractivity (Wildman–Crippen MR) is 78.1 cm³/mol. The van der Waals surface area contributed by atoms with Crippen LogP contribution in [0.5, 0.6) is 0 Å². The zero-order valence-corrected chi connectivity index (χ0v) is 12.0. The number of anilines is 1. The minimum absolute atomic E-state index is 0.286. The molecule has 0 aliphatic carbocycles. The Kier molecular flexibility index (Phi) is 6.10. The Labute approximate surface area is 111 Å². The molecule has 1 aromatic carbocycles. The van der Waals surface area contributed by atoms with E-state index in [1.165, 1.54) is 0 Å². The second-order valence-electron chi connectivity index (χ2n) is 4.37. The van der Waals surface area contributed by atoms with Crippen molar-refractivity contribution in [2.45, 2.75) is 25.8 Å². The van der Waals surface area contributed by atoms with Crippen LogP contribution in [-0.2, 0) is 0 Å². The van der Waals surface area contributed by atoms with Gasteiger partial charge in [0.1, 0.15) is 0 Å². The van der Waals surface area contributed by atoms with Gasteiger partial charge >= 0.3 is 5.97 Å². The second-order valence-corrected chi connectivity index (χ2v) is 5.25. The largest absolute Gasteiger partial charge is 0.478 e. The van der Waals surface area contributed by atoms with Crippen LogP contribution in [0.1, 0.15) is 30.1 Å². The van der Waals surface area contributed by atoms with Gasteiger partial charge in [0.25, 0.3) is 0 Å². The molecule has 0 fully saturated rings. The van der Waals surface area contributed by atoms with Gasteiger partial charge in [0.05, 0.1) is 5.56 Å². The van der Waals surface area contributed by atoms with Crippen LogP contribution in [-0.4, -0.2) is 35.4 Å². The lowest BCUT2D eigenvalue weighted by Gasteiger charge is -2.21. The van der Waals surface area contributed by atoms with E-state index < -0.39 is 5.97 Å². The molecule has 2 unspecified atom stereocenters. The molecule has 1 rings (SSSR count). The number of carboxylic acids is 1. The maximum absolute atomic E-state index is 11.1. The van der Waals surface area contributed by atoms with Gasteiger partial charge in [-0.05, 0) is 32.0 Å². The molecule has 0 amide bonds.